The van der Waals surface area contributed by atoms with Crippen molar-refractivity contribution in [3.8, 4) is 0 Å². The molecule has 148 valence electrons. The summed E-state index contributed by atoms with van der Waals surface area (Å²) >= 11 is 5.69. The van der Waals surface area contributed by atoms with Gasteiger partial charge in [0.2, 0.25) is 0 Å². The van der Waals surface area contributed by atoms with Gasteiger partial charge in [0.1, 0.15) is 23.9 Å². The van der Waals surface area contributed by atoms with E-state index in [-0.39, 0.29) is 17.0 Å². The molecule has 8 nitrogen and oxygen atoms in total. The summed E-state index contributed by atoms with van der Waals surface area (Å²) in [5, 5.41) is 32.5. The molecule has 1 aliphatic rings. The second-order valence-electron chi connectivity index (χ2n) is 6.89. The third-order valence-electron chi connectivity index (χ3n) is 5.39. The van der Waals surface area contributed by atoms with E-state index in [1.165, 1.54) is 18.5 Å². The van der Waals surface area contributed by atoms with Crippen LogP contribution in [0.5, 0.6) is 0 Å². The van der Waals surface area contributed by atoms with Crippen molar-refractivity contribution < 1.29 is 19.7 Å². The molecule has 0 amide bonds. The van der Waals surface area contributed by atoms with E-state index in [9.17, 15) is 19.7 Å². The average molecular weight is 408 g/mol. The van der Waals surface area contributed by atoms with E-state index in [2.05, 4.69) is 15.4 Å². The summed E-state index contributed by atoms with van der Waals surface area (Å²) < 4.78 is 15.5. The van der Waals surface area contributed by atoms with Crippen molar-refractivity contribution in [3.05, 3.63) is 53.2 Å². The van der Waals surface area contributed by atoms with E-state index in [0.29, 0.717) is 16.9 Å². The van der Waals surface area contributed by atoms with Crippen LogP contribution < -0.4 is 11.3 Å². The molecular weight excluding hydrogens is 389 g/mol. The zero-order valence-corrected chi connectivity index (χ0v) is 15.3. The number of aliphatic hydroxyl groups is 3. The van der Waals surface area contributed by atoms with Crippen molar-refractivity contribution in [2.75, 3.05) is 5.43 Å². The first-order valence-corrected chi connectivity index (χ1v) is 9.07. The minimum atomic E-state index is -1.20. The third-order valence-corrected chi connectivity index (χ3v) is 5.70. The first kappa shape index (κ1) is 19.0. The van der Waals surface area contributed by atoms with E-state index in [1.807, 2.05) is 0 Å². The number of aromatic nitrogens is 3. The fourth-order valence-electron chi connectivity index (χ4n) is 3.93. The SMILES string of the molecule is NNc1ncnc2c1ccn2[C@@H]1C[C@H]([C@H](O)c2ccc(Cl)c(F)c2)[C@@H](O)[C@H]1O. The Bertz CT molecular complexity index is 1020. The maximum Gasteiger partial charge on any atom is 0.152 e. The molecule has 1 fully saturated rings. The first-order chi connectivity index (χ1) is 13.4. The van der Waals surface area contributed by atoms with E-state index in [0.717, 1.165) is 6.07 Å². The highest BCUT2D eigenvalue weighted by atomic mass is 35.5. The molecule has 28 heavy (non-hydrogen) atoms. The molecule has 0 aliphatic heterocycles. The van der Waals surface area contributed by atoms with Crippen LogP contribution in [0.1, 0.15) is 24.1 Å². The zero-order chi connectivity index (χ0) is 20.0. The monoisotopic (exact) mass is 407 g/mol. The number of fused-ring (bicyclic) bond motifs is 1. The summed E-state index contributed by atoms with van der Waals surface area (Å²) in [5.41, 5.74) is 3.31. The van der Waals surface area contributed by atoms with Gasteiger partial charge in [0.05, 0.1) is 28.7 Å². The van der Waals surface area contributed by atoms with Gasteiger partial charge in [-0.1, -0.05) is 17.7 Å². The molecule has 0 saturated heterocycles. The Morgan fingerprint density at radius 3 is 2.75 bits per heavy atom. The summed E-state index contributed by atoms with van der Waals surface area (Å²) in [7, 11) is 0. The van der Waals surface area contributed by atoms with Gasteiger partial charge in [0.15, 0.2) is 5.82 Å². The topological polar surface area (TPSA) is 129 Å². The second kappa shape index (κ2) is 7.26. The summed E-state index contributed by atoms with van der Waals surface area (Å²) in [5.74, 6) is 4.54. The van der Waals surface area contributed by atoms with Gasteiger partial charge < -0.3 is 25.3 Å². The van der Waals surface area contributed by atoms with Gasteiger partial charge in [-0.05, 0) is 30.2 Å². The van der Waals surface area contributed by atoms with Crippen molar-refractivity contribution in [1.82, 2.24) is 14.5 Å². The molecule has 1 saturated carbocycles. The van der Waals surface area contributed by atoms with Crippen molar-refractivity contribution in [2.45, 2.75) is 30.8 Å². The molecule has 5 atom stereocenters. The molecule has 0 radical (unpaired) electrons. The molecule has 0 spiro atoms. The normalized spacial score (nSPS) is 25.9. The van der Waals surface area contributed by atoms with Crippen molar-refractivity contribution in [3.63, 3.8) is 0 Å². The molecular formula is C18H19ClFN5O3. The molecule has 1 aliphatic carbocycles. The molecule has 10 heteroatoms. The van der Waals surface area contributed by atoms with Crippen LogP contribution in [0.15, 0.2) is 36.8 Å². The molecule has 2 heterocycles. The predicted molar refractivity (Wildman–Crippen MR) is 101 cm³/mol. The molecule has 0 unspecified atom stereocenters. The maximum atomic E-state index is 13.8. The van der Waals surface area contributed by atoms with Crippen LogP contribution in [0.3, 0.4) is 0 Å². The maximum absolute atomic E-state index is 13.8. The van der Waals surface area contributed by atoms with E-state index >= 15 is 0 Å². The third kappa shape index (κ3) is 3.01. The van der Waals surface area contributed by atoms with Crippen molar-refractivity contribution in [2.24, 2.45) is 11.8 Å². The van der Waals surface area contributed by atoms with Gasteiger partial charge in [-0.2, -0.15) is 0 Å². The highest BCUT2D eigenvalue weighted by Crippen LogP contribution is 2.43. The first-order valence-electron chi connectivity index (χ1n) is 8.69. The lowest BCUT2D eigenvalue weighted by molar-refractivity contribution is -0.0265. The van der Waals surface area contributed by atoms with E-state index in [1.54, 1.807) is 16.8 Å². The van der Waals surface area contributed by atoms with Crippen LogP contribution >= 0.6 is 11.6 Å². The lowest BCUT2D eigenvalue weighted by Crippen LogP contribution is -2.31. The van der Waals surface area contributed by atoms with Crippen LogP contribution in [-0.4, -0.2) is 42.1 Å². The summed E-state index contributed by atoms with van der Waals surface area (Å²) in [6.07, 6.45) is -0.195. The van der Waals surface area contributed by atoms with Gasteiger partial charge in [-0.25, -0.2) is 20.2 Å². The number of nitrogens with one attached hydrogen (secondary N) is 1. The number of aliphatic hydroxyl groups excluding tert-OH is 3. The summed E-state index contributed by atoms with van der Waals surface area (Å²) in [4.78, 5) is 8.28. The number of halogens is 2. The van der Waals surface area contributed by atoms with Crippen LogP contribution in [0.2, 0.25) is 5.02 Å². The van der Waals surface area contributed by atoms with E-state index < -0.39 is 36.1 Å². The number of rotatable bonds is 4. The number of nitrogens with zero attached hydrogens (tertiary/aromatic N) is 3. The van der Waals surface area contributed by atoms with Crippen LogP contribution in [0, 0.1) is 11.7 Å². The van der Waals surface area contributed by atoms with Crippen molar-refractivity contribution >= 4 is 28.5 Å². The second-order valence-corrected chi connectivity index (χ2v) is 7.30. The summed E-state index contributed by atoms with van der Waals surface area (Å²) in [6.45, 7) is 0. The molecule has 1 aromatic carbocycles. The lowest BCUT2D eigenvalue weighted by atomic mass is 9.92. The number of nitrogen functional groups attached to an aromatic ring is 1. The number of anilines is 1. The highest BCUT2D eigenvalue weighted by molar-refractivity contribution is 6.30. The lowest BCUT2D eigenvalue weighted by Gasteiger charge is -2.22. The quantitative estimate of drug-likeness (QED) is 0.327. The van der Waals surface area contributed by atoms with Crippen LogP contribution in [0.25, 0.3) is 11.0 Å². The minimum absolute atomic E-state index is 0.0522. The number of benzene rings is 1. The van der Waals surface area contributed by atoms with Crippen molar-refractivity contribution in [1.29, 1.82) is 0 Å². The number of hydrazine groups is 1. The van der Waals surface area contributed by atoms with Gasteiger partial charge >= 0.3 is 0 Å². The van der Waals surface area contributed by atoms with Gasteiger partial charge in [0, 0.05) is 12.1 Å². The minimum Gasteiger partial charge on any atom is -0.390 e. The average Bonchev–Trinajstić information content (AvgIpc) is 3.25. The van der Waals surface area contributed by atoms with Gasteiger partial charge in [-0.15, -0.1) is 0 Å². The fraction of sp³-hybridized carbons (Fsp3) is 0.333. The number of hydrogen-bond acceptors (Lipinski definition) is 7. The Morgan fingerprint density at radius 2 is 2.04 bits per heavy atom. The Hall–Kier alpha value is -2.30. The Kier molecular flexibility index (Phi) is 4.94. The Balaban J connectivity index is 1.65. The number of hydrogen-bond donors (Lipinski definition) is 5. The Morgan fingerprint density at radius 1 is 1.25 bits per heavy atom. The largest absolute Gasteiger partial charge is 0.390 e. The molecule has 4 rings (SSSR count). The fourth-order valence-corrected chi connectivity index (χ4v) is 4.05. The van der Waals surface area contributed by atoms with Gasteiger partial charge in [-0.3, -0.25) is 0 Å². The zero-order valence-electron chi connectivity index (χ0n) is 14.6. The molecule has 2 aromatic heterocycles. The molecule has 3 aromatic rings. The van der Waals surface area contributed by atoms with Crippen LogP contribution in [0.4, 0.5) is 10.2 Å². The van der Waals surface area contributed by atoms with E-state index in [4.69, 9.17) is 17.4 Å². The predicted octanol–water partition coefficient (Wildman–Crippen LogP) is 1.53. The smallest absolute Gasteiger partial charge is 0.152 e. The summed E-state index contributed by atoms with van der Waals surface area (Å²) in [6, 6.07) is 5.20. The molecule has 0 bridgehead atoms. The Labute approximate surface area is 164 Å². The standard InChI is InChI=1S/C18H19ClFN5O3/c19-11-2-1-8(5-12(11)20)14(26)10-6-13(16(28)15(10)27)25-4-3-9-17(24-21)22-7-23-18(9)25/h1-5,7,10,13-16,26-28H,6,21H2,(H,22,23,24)/t10-,13-,14-,15-,16+/m1/s1. The number of nitrogens with two attached hydrogens (primary N) is 1. The molecule has 6 N–H and O–H groups in total. The highest BCUT2D eigenvalue weighted by Gasteiger charge is 2.46. The van der Waals surface area contributed by atoms with Gasteiger partial charge in [0.25, 0.3) is 0 Å². The van der Waals surface area contributed by atoms with Crippen LogP contribution in [-0.2, 0) is 0 Å².